The smallest absolute Gasteiger partial charge is 0.243 e. The van der Waals surface area contributed by atoms with E-state index in [4.69, 9.17) is 0 Å². The molecule has 0 bridgehead atoms. The van der Waals surface area contributed by atoms with Crippen LogP contribution < -0.4 is 16.0 Å². The highest BCUT2D eigenvalue weighted by Gasteiger charge is 2.31. The molecule has 1 aliphatic heterocycles. The first kappa shape index (κ1) is 19.3. The summed E-state index contributed by atoms with van der Waals surface area (Å²) < 4.78 is 52.9. The summed E-state index contributed by atoms with van der Waals surface area (Å²) in [7, 11) is 0. The van der Waals surface area contributed by atoms with Gasteiger partial charge in [-0.3, -0.25) is 14.4 Å². The van der Waals surface area contributed by atoms with Crippen LogP contribution in [0.2, 0.25) is 0 Å². The molecule has 0 radical (unpaired) electrons. The average molecular weight is 395 g/mol. The van der Waals surface area contributed by atoms with Crippen molar-refractivity contribution in [1.29, 1.82) is 0 Å². The zero-order valence-corrected chi connectivity index (χ0v) is 14.1. The van der Waals surface area contributed by atoms with Gasteiger partial charge >= 0.3 is 0 Å². The van der Waals surface area contributed by atoms with Crippen LogP contribution in [-0.4, -0.2) is 24.3 Å². The van der Waals surface area contributed by atoms with Gasteiger partial charge in [0.25, 0.3) is 0 Å². The minimum Gasteiger partial charge on any atom is -0.346 e. The predicted octanol–water partition coefficient (Wildman–Crippen LogP) is 2.42. The van der Waals surface area contributed by atoms with Crippen LogP contribution in [0.4, 0.5) is 28.9 Å². The van der Waals surface area contributed by atoms with Gasteiger partial charge in [-0.2, -0.15) is 0 Å². The normalized spacial score (nSPS) is 15.4. The third-order valence-electron chi connectivity index (χ3n) is 4.10. The van der Waals surface area contributed by atoms with Crippen molar-refractivity contribution >= 4 is 29.1 Å². The lowest BCUT2D eigenvalue weighted by Crippen LogP contribution is -2.39. The van der Waals surface area contributed by atoms with E-state index < -0.39 is 59.1 Å². The molecule has 0 aliphatic carbocycles. The maximum absolute atomic E-state index is 13.6. The average Bonchev–Trinajstić information content (AvgIpc) is 2.65. The molecule has 3 rings (SSSR count). The van der Waals surface area contributed by atoms with Crippen LogP contribution in [0.25, 0.3) is 0 Å². The van der Waals surface area contributed by atoms with Gasteiger partial charge in [-0.25, -0.2) is 17.6 Å². The highest BCUT2D eigenvalue weighted by atomic mass is 19.2. The van der Waals surface area contributed by atoms with Crippen molar-refractivity contribution in [2.24, 2.45) is 0 Å². The minimum atomic E-state index is -1.74. The number of rotatable bonds is 4. The number of carbonyl (C=O) groups is 3. The second-order valence-electron chi connectivity index (χ2n) is 6.03. The van der Waals surface area contributed by atoms with Crippen LogP contribution in [0.1, 0.15) is 17.9 Å². The van der Waals surface area contributed by atoms with Crippen molar-refractivity contribution in [3.8, 4) is 0 Å². The third-order valence-corrected chi connectivity index (χ3v) is 4.10. The van der Waals surface area contributed by atoms with E-state index in [1.54, 1.807) is 0 Å². The van der Waals surface area contributed by atoms with E-state index in [9.17, 15) is 31.9 Å². The second kappa shape index (κ2) is 7.67. The Kier molecular flexibility index (Phi) is 5.30. The summed E-state index contributed by atoms with van der Waals surface area (Å²) in [6.07, 6.45) is -0.204. The monoisotopic (exact) mass is 395 g/mol. The van der Waals surface area contributed by atoms with Crippen LogP contribution in [0, 0.1) is 23.3 Å². The van der Waals surface area contributed by atoms with Crippen LogP contribution >= 0.6 is 0 Å². The molecule has 1 heterocycles. The van der Waals surface area contributed by atoms with Gasteiger partial charge in [0.15, 0.2) is 17.5 Å². The van der Waals surface area contributed by atoms with Crippen molar-refractivity contribution in [3.05, 3.63) is 59.2 Å². The number of nitrogens with one attached hydrogen (secondary N) is 3. The van der Waals surface area contributed by atoms with Gasteiger partial charge in [0, 0.05) is 12.1 Å². The fraction of sp³-hybridized carbons (Fsp3) is 0.167. The highest BCUT2D eigenvalue weighted by molar-refractivity contribution is 6.02. The number of hydrogen-bond donors (Lipinski definition) is 3. The van der Waals surface area contributed by atoms with Crippen molar-refractivity contribution in [1.82, 2.24) is 5.32 Å². The molecular weight excluding hydrogens is 382 g/mol. The van der Waals surface area contributed by atoms with E-state index in [0.29, 0.717) is 11.6 Å². The van der Waals surface area contributed by atoms with Gasteiger partial charge in [0.1, 0.15) is 5.82 Å². The molecule has 2 aromatic carbocycles. The van der Waals surface area contributed by atoms with Gasteiger partial charge < -0.3 is 16.0 Å². The molecule has 10 heteroatoms. The third kappa shape index (κ3) is 3.95. The first-order chi connectivity index (χ1) is 13.3. The Morgan fingerprint density at radius 2 is 1.82 bits per heavy atom. The summed E-state index contributed by atoms with van der Waals surface area (Å²) in [5, 5.41) is 6.74. The summed E-state index contributed by atoms with van der Waals surface area (Å²) >= 11 is 0. The Morgan fingerprint density at radius 1 is 1.07 bits per heavy atom. The SMILES string of the molecule is O=C1C[C@@H](C(=O)NCC(=O)Nc2ccc(F)c(F)c2F)c2ccc(F)cc2N1. The number of fused-ring (bicyclic) bond motifs is 1. The molecule has 0 unspecified atom stereocenters. The molecule has 28 heavy (non-hydrogen) atoms. The molecule has 146 valence electrons. The van der Waals surface area contributed by atoms with E-state index in [1.807, 2.05) is 5.32 Å². The molecule has 0 fully saturated rings. The fourth-order valence-corrected chi connectivity index (χ4v) is 2.78. The number of benzene rings is 2. The summed E-state index contributed by atoms with van der Waals surface area (Å²) in [6.45, 7) is -0.605. The van der Waals surface area contributed by atoms with Gasteiger partial charge in [0.05, 0.1) is 18.2 Å². The number of hydrogen-bond acceptors (Lipinski definition) is 3. The standard InChI is InChI=1S/C18H13F4N3O3/c19-8-1-2-9-10(6-14(26)25-13(9)5-8)18(28)23-7-15(27)24-12-4-3-11(20)16(21)17(12)22/h1-5,10H,6-7H2,(H,23,28)(H,24,27)(H,25,26)/t10-/m1/s1. The maximum atomic E-state index is 13.6. The van der Waals surface area contributed by atoms with Gasteiger partial charge in [-0.1, -0.05) is 6.07 Å². The Bertz CT molecular complexity index is 981. The Morgan fingerprint density at radius 3 is 2.57 bits per heavy atom. The summed E-state index contributed by atoms with van der Waals surface area (Å²) in [4.78, 5) is 36.0. The topological polar surface area (TPSA) is 87.3 Å². The van der Waals surface area contributed by atoms with Gasteiger partial charge in [-0.15, -0.1) is 0 Å². The molecule has 3 N–H and O–H groups in total. The van der Waals surface area contributed by atoms with Crippen LogP contribution in [-0.2, 0) is 14.4 Å². The van der Waals surface area contributed by atoms with E-state index in [1.165, 1.54) is 6.07 Å². The van der Waals surface area contributed by atoms with Crippen LogP contribution in [0.3, 0.4) is 0 Å². The van der Waals surface area contributed by atoms with Crippen LogP contribution in [0.15, 0.2) is 30.3 Å². The molecule has 2 aromatic rings. The molecule has 1 aliphatic rings. The predicted molar refractivity (Wildman–Crippen MR) is 90.3 cm³/mol. The number of amides is 3. The highest BCUT2D eigenvalue weighted by Crippen LogP contribution is 2.32. The molecule has 6 nitrogen and oxygen atoms in total. The molecular formula is C18H13F4N3O3. The van der Waals surface area contributed by atoms with E-state index in [0.717, 1.165) is 18.2 Å². The van der Waals surface area contributed by atoms with Gasteiger partial charge in [-0.05, 0) is 29.8 Å². The Balaban J connectivity index is 1.65. The Labute approximate surface area is 155 Å². The fourth-order valence-electron chi connectivity index (χ4n) is 2.78. The van der Waals surface area contributed by atoms with Crippen molar-refractivity contribution in [2.45, 2.75) is 12.3 Å². The molecule has 0 aromatic heterocycles. The summed E-state index contributed by atoms with van der Waals surface area (Å²) in [6, 6.07) is 5.04. The zero-order valence-electron chi connectivity index (χ0n) is 14.1. The van der Waals surface area contributed by atoms with Crippen molar-refractivity contribution in [2.75, 3.05) is 17.2 Å². The first-order valence-electron chi connectivity index (χ1n) is 8.06. The summed E-state index contributed by atoms with van der Waals surface area (Å²) in [5.74, 6) is -8.31. The maximum Gasteiger partial charge on any atom is 0.243 e. The van der Waals surface area contributed by atoms with E-state index in [-0.39, 0.29) is 12.1 Å². The molecule has 1 atom stereocenters. The second-order valence-corrected chi connectivity index (χ2v) is 6.03. The lowest BCUT2D eigenvalue weighted by Gasteiger charge is -2.24. The van der Waals surface area contributed by atoms with E-state index >= 15 is 0 Å². The first-order valence-corrected chi connectivity index (χ1v) is 8.06. The number of anilines is 2. The molecule has 0 saturated heterocycles. The minimum absolute atomic E-state index is 0.157. The lowest BCUT2D eigenvalue weighted by molar-refractivity contribution is -0.127. The zero-order chi connectivity index (χ0) is 20.4. The number of carbonyl (C=O) groups excluding carboxylic acids is 3. The molecule has 0 spiro atoms. The largest absolute Gasteiger partial charge is 0.346 e. The quantitative estimate of drug-likeness (QED) is 0.549. The van der Waals surface area contributed by atoms with E-state index in [2.05, 4.69) is 10.6 Å². The lowest BCUT2D eigenvalue weighted by atomic mass is 9.89. The molecule has 3 amide bonds. The van der Waals surface area contributed by atoms with Crippen molar-refractivity contribution < 1.29 is 31.9 Å². The summed E-state index contributed by atoms with van der Waals surface area (Å²) in [5.41, 5.74) is -0.0497. The Hall–Kier alpha value is -3.43. The van der Waals surface area contributed by atoms with Crippen molar-refractivity contribution in [3.63, 3.8) is 0 Å². The number of halogens is 4. The van der Waals surface area contributed by atoms with Gasteiger partial charge in [0.2, 0.25) is 17.7 Å². The van der Waals surface area contributed by atoms with Crippen LogP contribution in [0.5, 0.6) is 0 Å². The molecule has 0 saturated carbocycles.